The number of nitrogens with one attached hydrogen (secondary N) is 1. The molecule has 1 fully saturated rings. The molecule has 34 heavy (non-hydrogen) atoms. The zero-order valence-electron chi connectivity index (χ0n) is 18.2. The number of hydrogen-bond donors (Lipinski definition) is 2. The van der Waals surface area contributed by atoms with E-state index in [2.05, 4.69) is 15.5 Å². The highest BCUT2D eigenvalue weighted by Gasteiger charge is 2.53. The number of nitrogens with zero attached hydrogens (tertiary/aromatic N) is 4. The number of thioether (sulfide) groups is 1. The number of hydrogen-bond acceptors (Lipinski definition) is 10. The molecule has 2 atom stereocenters. The van der Waals surface area contributed by atoms with Gasteiger partial charge in [-0.1, -0.05) is 18.1 Å². The van der Waals surface area contributed by atoms with Gasteiger partial charge in [-0.25, -0.2) is 9.55 Å². The Bertz CT molecular complexity index is 1170. The largest absolute Gasteiger partial charge is 0.543 e. The molecular weight excluding hydrogens is 480 g/mol. The number of carboxylic acids is 1. The Morgan fingerprint density at radius 3 is 2.79 bits per heavy atom. The van der Waals surface area contributed by atoms with E-state index in [4.69, 9.17) is 10.6 Å². The van der Waals surface area contributed by atoms with Crippen molar-refractivity contribution in [3.63, 3.8) is 0 Å². The molecule has 2 aliphatic heterocycles. The summed E-state index contributed by atoms with van der Waals surface area (Å²) in [5.74, 6) is -2.26. The van der Waals surface area contributed by atoms with Gasteiger partial charge in [0.15, 0.2) is 29.8 Å². The van der Waals surface area contributed by atoms with Crippen LogP contribution in [0.3, 0.4) is 0 Å². The molecule has 2 aromatic rings. The number of fused-ring (bicyclic) bond motifs is 1. The fourth-order valence-corrected chi connectivity index (χ4v) is 5.45. The maximum atomic E-state index is 13.0. The van der Waals surface area contributed by atoms with Gasteiger partial charge >= 0.3 is 0 Å². The summed E-state index contributed by atoms with van der Waals surface area (Å²) in [6.45, 7) is 2.50. The van der Waals surface area contributed by atoms with Crippen molar-refractivity contribution in [3.8, 4) is 0 Å². The third-order valence-corrected chi connectivity index (χ3v) is 7.12. The van der Waals surface area contributed by atoms with Gasteiger partial charge < -0.3 is 25.8 Å². The lowest BCUT2D eigenvalue weighted by atomic mass is 10.0. The number of nitrogen functional groups attached to an aromatic ring is 1. The number of carbonyl (C=O) groups is 3. The molecule has 0 radical (unpaired) electrons. The third kappa shape index (κ3) is 4.75. The maximum Gasteiger partial charge on any atom is 0.276 e. The van der Waals surface area contributed by atoms with Crippen LogP contribution in [0.1, 0.15) is 19.0 Å². The summed E-state index contributed by atoms with van der Waals surface area (Å²) in [7, 11) is 0. The first kappa shape index (κ1) is 23.7. The summed E-state index contributed by atoms with van der Waals surface area (Å²) in [4.78, 5) is 48.3. The molecule has 4 heterocycles. The Morgan fingerprint density at radius 1 is 1.38 bits per heavy atom. The quantitative estimate of drug-likeness (QED) is 0.149. The fourth-order valence-electron chi connectivity index (χ4n) is 3.57. The number of amides is 2. The first-order valence-corrected chi connectivity index (χ1v) is 12.4. The van der Waals surface area contributed by atoms with Crippen LogP contribution in [0.4, 0.5) is 5.13 Å². The zero-order valence-corrected chi connectivity index (χ0v) is 19.8. The zero-order chi connectivity index (χ0) is 24.2. The Balaban J connectivity index is 1.52. The number of oxime groups is 1. The highest BCUT2D eigenvalue weighted by atomic mass is 32.2. The molecule has 0 spiro atoms. The topological polar surface area (TPSA) is 154 Å². The Kier molecular flexibility index (Phi) is 7.12. The Morgan fingerprint density at radius 2 is 2.15 bits per heavy atom. The van der Waals surface area contributed by atoms with E-state index in [-0.39, 0.29) is 22.2 Å². The molecular formula is C21H22N6O5S2. The molecule has 0 saturated carbocycles. The van der Waals surface area contributed by atoms with Crippen molar-refractivity contribution in [1.82, 2.24) is 15.2 Å². The van der Waals surface area contributed by atoms with Crippen LogP contribution in [0, 0.1) is 0 Å². The van der Waals surface area contributed by atoms with Crippen molar-refractivity contribution < 1.29 is 28.9 Å². The minimum absolute atomic E-state index is 0.106. The number of thiazole rings is 1. The second-order valence-corrected chi connectivity index (χ2v) is 9.49. The lowest BCUT2D eigenvalue weighted by molar-refractivity contribution is -0.689. The highest BCUT2D eigenvalue weighted by Crippen LogP contribution is 2.40. The number of carbonyl (C=O) groups excluding carboxylic acids is 3. The number of carboxylic acid groups (broad SMARTS) is 1. The predicted molar refractivity (Wildman–Crippen MR) is 123 cm³/mol. The highest BCUT2D eigenvalue weighted by molar-refractivity contribution is 8.00. The number of nitrogens with two attached hydrogens (primary N) is 1. The molecule has 0 bridgehead atoms. The average Bonchev–Trinajstić information content (AvgIpc) is 3.26. The molecule has 1 unspecified atom stereocenters. The van der Waals surface area contributed by atoms with Gasteiger partial charge in [-0.2, -0.15) is 0 Å². The number of β-lactam (4-membered cyclic amide) rings is 1. The summed E-state index contributed by atoms with van der Waals surface area (Å²) in [6, 6.07) is 4.59. The average molecular weight is 503 g/mol. The van der Waals surface area contributed by atoms with Crippen molar-refractivity contribution >= 4 is 51.7 Å². The molecule has 2 amide bonds. The monoisotopic (exact) mass is 502 g/mol. The number of pyridine rings is 1. The molecule has 0 aliphatic carbocycles. The molecule has 3 N–H and O–H groups in total. The van der Waals surface area contributed by atoms with Crippen LogP contribution in [0.25, 0.3) is 0 Å². The van der Waals surface area contributed by atoms with Gasteiger partial charge in [-0.05, 0) is 6.42 Å². The van der Waals surface area contributed by atoms with E-state index in [0.29, 0.717) is 30.9 Å². The minimum atomic E-state index is -1.43. The molecule has 2 aromatic heterocycles. The lowest BCUT2D eigenvalue weighted by Crippen LogP contribution is -2.71. The number of anilines is 1. The van der Waals surface area contributed by atoms with Crippen molar-refractivity contribution in [2.75, 3.05) is 18.1 Å². The normalized spacial score (nSPS) is 20.0. The first-order chi connectivity index (χ1) is 16.4. The van der Waals surface area contributed by atoms with Crippen LogP contribution in [-0.4, -0.2) is 57.2 Å². The van der Waals surface area contributed by atoms with E-state index in [1.165, 1.54) is 16.7 Å². The van der Waals surface area contributed by atoms with Crippen LogP contribution in [0.15, 0.2) is 52.4 Å². The van der Waals surface area contributed by atoms with Gasteiger partial charge in [-0.3, -0.25) is 14.5 Å². The van der Waals surface area contributed by atoms with Gasteiger partial charge in [0.1, 0.15) is 23.7 Å². The summed E-state index contributed by atoms with van der Waals surface area (Å²) in [6.07, 6.45) is 4.31. The molecule has 0 aromatic carbocycles. The summed E-state index contributed by atoms with van der Waals surface area (Å²) >= 11 is 2.51. The molecule has 1 saturated heterocycles. The number of aromatic nitrogens is 2. The Hall–Kier alpha value is -3.45. The van der Waals surface area contributed by atoms with E-state index in [1.54, 1.807) is 5.38 Å². The minimum Gasteiger partial charge on any atom is -0.543 e. The smallest absolute Gasteiger partial charge is 0.276 e. The van der Waals surface area contributed by atoms with Crippen LogP contribution in [-0.2, 0) is 25.8 Å². The van der Waals surface area contributed by atoms with Gasteiger partial charge in [0, 0.05) is 28.8 Å². The SMILES string of the molecule is CCCON=C(C(=O)NC1C(=O)N2C(C(=O)[O-])=C(C[n+]3ccccc3)CS[C@@H]12)c1csc(N)n1. The van der Waals surface area contributed by atoms with E-state index in [0.717, 1.165) is 11.3 Å². The molecule has 2 aliphatic rings. The van der Waals surface area contributed by atoms with Crippen LogP contribution in [0.5, 0.6) is 0 Å². The molecule has 4 rings (SSSR count). The number of aliphatic carboxylic acids is 1. The van der Waals surface area contributed by atoms with Crippen molar-refractivity contribution in [2.45, 2.75) is 31.3 Å². The van der Waals surface area contributed by atoms with E-state index >= 15 is 0 Å². The summed E-state index contributed by atoms with van der Waals surface area (Å²) in [5.41, 5.74) is 6.21. The van der Waals surface area contributed by atoms with Crippen LogP contribution < -0.4 is 20.7 Å². The fraction of sp³-hybridized carbons (Fsp3) is 0.333. The summed E-state index contributed by atoms with van der Waals surface area (Å²) < 4.78 is 1.82. The molecule has 178 valence electrons. The van der Waals surface area contributed by atoms with Gasteiger partial charge in [0.05, 0.1) is 11.7 Å². The van der Waals surface area contributed by atoms with Crippen molar-refractivity contribution in [3.05, 3.63) is 52.9 Å². The predicted octanol–water partition coefficient (Wildman–Crippen LogP) is -0.752. The van der Waals surface area contributed by atoms with E-state index in [1.807, 2.05) is 42.1 Å². The molecule has 13 heteroatoms. The third-order valence-electron chi connectivity index (χ3n) is 5.11. The van der Waals surface area contributed by atoms with E-state index in [9.17, 15) is 19.5 Å². The van der Waals surface area contributed by atoms with Gasteiger partial charge in [-0.15, -0.1) is 23.1 Å². The second kappa shape index (κ2) is 10.2. The van der Waals surface area contributed by atoms with E-state index < -0.39 is 29.2 Å². The lowest BCUT2D eigenvalue weighted by Gasteiger charge is -2.50. The van der Waals surface area contributed by atoms with Crippen LogP contribution in [0.2, 0.25) is 0 Å². The first-order valence-electron chi connectivity index (χ1n) is 10.4. The van der Waals surface area contributed by atoms with Crippen molar-refractivity contribution in [1.29, 1.82) is 0 Å². The second-order valence-electron chi connectivity index (χ2n) is 7.49. The van der Waals surface area contributed by atoms with Gasteiger partial charge in [0.25, 0.3) is 11.8 Å². The van der Waals surface area contributed by atoms with Gasteiger partial charge in [0.2, 0.25) is 0 Å². The Labute approximate surface area is 203 Å². The standard InChI is InChI=1S/C21H22N6O5S2/c1-2-8-32-25-14(13-11-34-21(22)23-13)17(28)24-15-18(29)27-16(20(30)31)12(10-33-19(15)27)9-26-6-4-3-5-7-26/h3-7,11,15,19H,2,8-10H2,1H3,(H3-,22,23,24,28,30,31)/t15?,19-/m0/s1. The molecule has 11 nitrogen and oxygen atoms in total. The maximum absolute atomic E-state index is 13.0. The number of rotatable bonds is 9. The summed E-state index contributed by atoms with van der Waals surface area (Å²) in [5, 5.41) is 19.7. The van der Waals surface area contributed by atoms with Crippen molar-refractivity contribution in [2.24, 2.45) is 5.16 Å². The van der Waals surface area contributed by atoms with Crippen LogP contribution >= 0.6 is 23.1 Å².